The zero-order valence-corrected chi connectivity index (χ0v) is 12.2. The third kappa shape index (κ3) is 3.56. The summed E-state index contributed by atoms with van der Waals surface area (Å²) in [4.78, 5) is 8.99. The van der Waals surface area contributed by atoms with Gasteiger partial charge in [-0.2, -0.15) is 0 Å². The van der Waals surface area contributed by atoms with Crippen molar-refractivity contribution in [2.45, 2.75) is 58.9 Å². The molecule has 2 rings (SSSR count). The number of rotatable bonds is 7. The maximum absolute atomic E-state index is 5.53. The second-order valence-corrected chi connectivity index (χ2v) is 5.39. The summed E-state index contributed by atoms with van der Waals surface area (Å²) < 4.78 is 0. The molecule has 0 saturated heterocycles. The van der Waals surface area contributed by atoms with Crippen molar-refractivity contribution in [3.8, 4) is 0 Å². The third-order valence-electron chi connectivity index (χ3n) is 3.79. The van der Waals surface area contributed by atoms with Crippen LogP contribution in [0.1, 0.15) is 50.9 Å². The predicted octanol–water partition coefficient (Wildman–Crippen LogP) is 2.62. The van der Waals surface area contributed by atoms with E-state index in [4.69, 9.17) is 5.84 Å². The van der Waals surface area contributed by atoms with Gasteiger partial charge >= 0.3 is 0 Å². The van der Waals surface area contributed by atoms with Gasteiger partial charge in [0.05, 0.1) is 0 Å². The van der Waals surface area contributed by atoms with Gasteiger partial charge in [0.1, 0.15) is 17.5 Å². The number of nitrogens with one attached hydrogen (secondary N) is 2. The number of anilines is 2. The van der Waals surface area contributed by atoms with Crippen LogP contribution in [0.3, 0.4) is 0 Å². The molecule has 1 fully saturated rings. The first-order valence-corrected chi connectivity index (χ1v) is 7.28. The highest BCUT2D eigenvalue weighted by Crippen LogP contribution is 2.35. The van der Waals surface area contributed by atoms with E-state index < -0.39 is 0 Å². The first-order valence-electron chi connectivity index (χ1n) is 7.28. The maximum atomic E-state index is 5.53. The minimum atomic E-state index is 0.497. The third-order valence-corrected chi connectivity index (χ3v) is 3.79. The Morgan fingerprint density at radius 1 is 1.26 bits per heavy atom. The molecule has 0 spiro atoms. The molecule has 1 unspecified atom stereocenters. The van der Waals surface area contributed by atoms with Gasteiger partial charge in [-0.25, -0.2) is 15.8 Å². The molecule has 5 heteroatoms. The summed E-state index contributed by atoms with van der Waals surface area (Å²) in [5.41, 5.74) is 3.66. The van der Waals surface area contributed by atoms with Crippen LogP contribution in [0.4, 0.5) is 11.6 Å². The Bertz CT molecular complexity index is 428. The van der Waals surface area contributed by atoms with Crippen molar-refractivity contribution in [3.05, 3.63) is 11.4 Å². The Morgan fingerprint density at radius 2 is 1.95 bits per heavy atom. The fourth-order valence-electron chi connectivity index (χ4n) is 2.28. The van der Waals surface area contributed by atoms with Crippen LogP contribution in [0.15, 0.2) is 0 Å². The molecule has 0 aliphatic heterocycles. The van der Waals surface area contributed by atoms with Crippen molar-refractivity contribution in [1.29, 1.82) is 0 Å². The molecule has 0 bridgehead atoms. The summed E-state index contributed by atoms with van der Waals surface area (Å²) in [5.74, 6) is 8.91. The van der Waals surface area contributed by atoms with E-state index in [0.717, 1.165) is 41.8 Å². The Labute approximate surface area is 115 Å². The van der Waals surface area contributed by atoms with Gasteiger partial charge in [-0.05, 0) is 25.7 Å². The minimum absolute atomic E-state index is 0.497. The van der Waals surface area contributed by atoms with Crippen molar-refractivity contribution in [2.75, 3.05) is 10.7 Å². The van der Waals surface area contributed by atoms with E-state index >= 15 is 0 Å². The summed E-state index contributed by atoms with van der Waals surface area (Å²) in [6.45, 7) is 6.27. The Kier molecular flexibility index (Phi) is 4.58. The molecule has 1 aliphatic rings. The highest BCUT2D eigenvalue weighted by atomic mass is 15.3. The molecular weight excluding hydrogens is 238 g/mol. The normalized spacial score (nSPS) is 16.2. The molecule has 19 heavy (non-hydrogen) atoms. The van der Waals surface area contributed by atoms with Gasteiger partial charge in [0, 0.05) is 18.0 Å². The summed E-state index contributed by atoms with van der Waals surface area (Å²) in [6, 6.07) is 0.497. The van der Waals surface area contributed by atoms with Gasteiger partial charge < -0.3 is 10.7 Å². The summed E-state index contributed by atoms with van der Waals surface area (Å²) in [7, 11) is 0. The van der Waals surface area contributed by atoms with Crippen molar-refractivity contribution in [2.24, 2.45) is 11.8 Å². The van der Waals surface area contributed by atoms with Gasteiger partial charge in [-0.15, -0.1) is 0 Å². The number of aromatic nitrogens is 2. The molecule has 0 radical (unpaired) electrons. The van der Waals surface area contributed by atoms with Gasteiger partial charge in [0.15, 0.2) is 0 Å². The van der Waals surface area contributed by atoms with E-state index in [9.17, 15) is 0 Å². The topological polar surface area (TPSA) is 75.9 Å². The Morgan fingerprint density at radius 3 is 2.47 bits per heavy atom. The van der Waals surface area contributed by atoms with Crippen LogP contribution in [0, 0.1) is 12.8 Å². The summed E-state index contributed by atoms with van der Waals surface area (Å²) in [6.07, 6.45) is 5.94. The number of nitrogens with two attached hydrogens (primary N) is 1. The van der Waals surface area contributed by atoms with Crippen molar-refractivity contribution >= 4 is 11.6 Å². The average Bonchev–Trinajstić information content (AvgIpc) is 3.24. The smallest absolute Gasteiger partial charge is 0.148 e. The number of aryl methyl sites for hydroxylation is 1. The fourth-order valence-corrected chi connectivity index (χ4v) is 2.28. The molecule has 1 atom stereocenters. The molecule has 0 aromatic carbocycles. The molecule has 4 N–H and O–H groups in total. The largest absolute Gasteiger partial charge is 0.367 e. The van der Waals surface area contributed by atoms with E-state index in [1.165, 1.54) is 19.3 Å². The zero-order valence-electron chi connectivity index (χ0n) is 12.2. The molecule has 106 valence electrons. The highest BCUT2D eigenvalue weighted by molar-refractivity contribution is 5.57. The molecule has 0 amide bonds. The fraction of sp³-hybridized carbons (Fsp3) is 0.714. The van der Waals surface area contributed by atoms with Crippen LogP contribution in [-0.2, 0) is 6.42 Å². The molecule has 5 nitrogen and oxygen atoms in total. The van der Waals surface area contributed by atoms with Crippen LogP contribution < -0.4 is 16.6 Å². The molecule has 1 aromatic heterocycles. The number of hydrogen-bond donors (Lipinski definition) is 3. The van der Waals surface area contributed by atoms with E-state index in [2.05, 4.69) is 34.6 Å². The molecule has 1 heterocycles. The maximum Gasteiger partial charge on any atom is 0.148 e. The number of hydrazine groups is 1. The lowest BCUT2D eigenvalue weighted by molar-refractivity contribution is 0.584. The molecule has 1 aromatic rings. The van der Waals surface area contributed by atoms with Crippen molar-refractivity contribution in [1.82, 2.24) is 9.97 Å². The van der Waals surface area contributed by atoms with Gasteiger partial charge in [-0.3, -0.25) is 0 Å². The Hall–Kier alpha value is -1.36. The summed E-state index contributed by atoms with van der Waals surface area (Å²) in [5, 5.41) is 3.57. The van der Waals surface area contributed by atoms with Gasteiger partial charge in [0.2, 0.25) is 0 Å². The van der Waals surface area contributed by atoms with Gasteiger partial charge in [-0.1, -0.05) is 26.7 Å². The SMILES string of the molecule is CCc1nc(NN)c(C)c(NC(CC)CC2CC2)n1. The predicted molar refractivity (Wildman–Crippen MR) is 79.0 cm³/mol. The van der Waals surface area contributed by atoms with Crippen LogP contribution >= 0.6 is 0 Å². The lowest BCUT2D eigenvalue weighted by atomic mass is 10.1. The quantitative estimate of drug-likeness (QED) is 0.521. The first kappa shape index (κ1) is 14.1. The number of hydrogen-bond acceptors (Lipinski definition) is 5. The van der Waals surface area contributed by atoms with Crippen molar-refractivity contribution < 1.29 is 0 Å². The number of nitrogen functional groups attached to an aromatic ring is 1. The highest BCUT2D eigenvalue weighted by Gasteiger charge is 2.25. The second-order valence-electron chi connectivity index (χ2n) is 5.39. The van der Waals surface area contributed by atoms with E-state index in [1.54, 1.807) is 0 Å². The average molecular weight is 263 g/mol. The summed E-state index contributed by atoms with van der Waals surface area (Å²) >= 11 is 0. The molecule has 1 saturated carbocycles. The first-order chi connectivity index (χ1) is 9.17. The lowest BCUT2D eigenvalue weighted by Gasteiger charge is -2.20. The van der Waals surface area contributed by atoms with E-state index in [1.807, 2.05) is 6.92 Å². The molecule has 1 aliphatic carbocycles. The van der Waals surface area contributed by atoms with Crippen molar-refractivity contribution in [3.63, 3.8) is 0 Å². The van der Waals surface area contributed by atoms with Crippen LogP contribution in [0.25, 0.3) is 0 Å². The van der Waals surface area contributed by atoms with E-state index in [-0.39, 0.29) is 0 Å². The van der Waals surface area contributed by atoms with Crippen LogP contribution in [-0.4, -0.2) is 16.0 Å². The van der Waals surface area contributed by atoms with E-state index in [0.29, 0.717) is 6.04 Å². The molecular formula is C14H25N5. The van der Waals surface area contributed by atoms with Crippen LogP contribution in [0.2, 0.25) is 0 Å². The minimum Gasteiger partial charge on any atom is -0.367 e. The standard InChI is InChI=1S/C14H25N5/c1-4-11(8-10-6-7-10)16-13-9(3)14(19-15)18-12(5-2)17-13/h10-11H,4-8,15H2,1-3H3,(H2,16,17,18,19). The Balaban J connectivity index is 2.16. The lowest BCUT2D eigenvalue weighted by Crippen LogP contribution is -2.22. The van der Waals surface area contributed by atoms with Crippen LogP contribution in [0.5, 0.6) is 0 Å². The second kappa shape index (κ2) is 6.19. The zero-order chi connectivity index (χ0) is 13.8. The number of nitrogens with zero attached hydrogens (tertiary/aromatic N) is 2. The monoisotopic (exact) mass is 263 g/mol. The van der Waals surface area contributed by atoms with Gasteiger partial charge in [0.25, 0.3) is 0 Å².